The topological polar surface area (TPSA) is 49.3 Å². The van der Waals surface area contributed by atoms with Gasteiger partial charge in [-0.15, -0.1) is 0 Å². The van der Waals surface area contributed by atoms with Crippen LogP contribution in [-0.4, -0.2) is 23.7 Å². The number of hydrogen-bond acceptors (Lipinski definition) is 2. The maximum Gasteiger partial charge on any atom is 0.251 e. The fraction of sp³-hybridized carbons (Fsp3) is 0.278. The molecule has 1 amide bonds. The Bertz CT molecular complexity index is 608. The normalized spacial score (nSPS) is 12.0. The van der Waals surface area contributed by atoms with Gasteiger partial charge >= 0.3 is 0 Å². The third-order valence-corrected chi connectivity index (χ3v) is 3.65. The highest BCUT2D eigenvalue weighted by atomic mass is 16.3. The molecule has 0 aromatic heterocycles. The summed E-state index contributed by atoms with van der Waals surface area (Å²) in [4.78, 5) is 12.2. The van der Waals surface area contributed by atoms with Crippen molar-refractivity contribution in [3.8, 4) is 0 Å². The highest BCUT2D eigenvalue weighted by Crippen LogP contribution is 2.10. The number of aliphatic hydroxyl groups is 1. The minimum Gasteiger partial charge on any atom is -0.394 e. The van der Waals surface area contributed by atoms with E-state index in [1.807, 2.05) is 62.4 Å². The fourth-order valence-corrected chi connectivity index (χ4v) is 2.21. The predicted octanol–water partition coefficient (Wildman–Crippen LogP) is 2.64. The first-order chi connectivity index (χ1) is 10.1. The van der Waals surface area contributed by atoms with Gasteiger partial charge < -0.3 is 10.4 Å². The van der Waals surface area contributed by atoms with Gasteiger partial charge in [-0.25, -0.2) is 0 Å². The van der Waals surface area contributed by atoms with Gasteiger partial charge in [0.05, 0.1) is 12.6 Å². The van der Waals surface area contributed by atoms with E-state index >= 15 is 0 Å². The third-order valence-electron chi connectivity index (χ3n) is 3.65. The number of nitrogens with one attached hydrogen (secondary N) is 1. The first kappa shape index (κ1) is 15.3. The smallest absolute Gasteiger partial charge is 0.251 e. The molecule has 2 aromatic carbocycles. The number of amides is 1. The summed E-state index contributed by atoms with van der Waals surface area (Å²) in [5, 5.41) is 12.4. The zero-order chi connectivity index (χ0) is 15.2. The van der Waals surface area contributed by atoms with Crippen LogP contribution in [0, 0.1) is 13.8 Å². The van der Waals surface area contributed by atoms with Crippen molar-refractivity contribution in [2.45, 2.75) is 26.3 Å². The van der Waals surface area contributed by atoms with Gasteiger partial charge in [-0.1, -0.05) is 36.4 Å². The average molecular weight is 283 g/mol. The minimum atomic E-state index is -0.276. The summed E-state index contributed by atoms with van der Waals surface area (Å²) >= 11 is 0. The van der Waals surface area contributed by atoms with E-state index in [4.69, 9.17) is 0 Å². The molecule has 0 aliphatic carbocycles. The van der Waals surface area contributed by atoms with E-state index in [1.165, 1.54) is 0 Å². The zero-order valence-corrected chi connectivity index (χ0v) is 12.5. The van der Waals surface area contributed by atoms with Gasteiger partial charge in [-0.3, -0.25) is 4.79 Å². The Hall–Kier alpha value is -2.13. The molecule has 1 atom stereocenters. The van der Waals surface area contributed by atoms with Crippen LogP contribution in [0.2, 0.25) is 0 Å². The van der Waals surface area contributed by atoms with Crippen LogP contribution in [0.3, 0.4) is 0 Å². The molecule has 3 heteroatoms. The predicted molar refractivity (Wildman–Crippen MR) is 84.4 cm³/mol. The molecule has 0 aliphatic rings. The minimum absolute atomic E-state index is 0.0779. The molecule has 0 aliphatic heterocycles. The number of aliphatic hydroxyl groups excluding tert-OH is 1. The molecule has 0 fully saturated rings. The average Bonchev–Trinajstić information content (AvgIpc) is 2.50. The third kappa shape index (κ3) is 4.17. The molecule has 2 N–H and O–H groups in total. The number of hydrogen-bond donors (Lipinski definition) is 2. The summed E-state index contributed by atoms with van der Waals surface area (Å²) in [7, 11) is 0. The van der Waals surface area contributed by atoms with Gasteiger partial charge in [-0.05, 0) is 49.1 Å². The molecular formula is C18H21NO2. The summed E-state index contributed by atoms with van der Waals surface area (Å²) in [6.07, 6.45) is 0.619. The Kier molecular flexibility index (Phi) is 5.12. The van der Waals surface area contributed by atoms with Gasteiger partial charge in [0.1, 0.15) is 0 Å². The maximum atomic E-state index is 12.2. The van der Waals surface area contributed by atoms with E-state index in [2.05, 4.69) is 5.32 Å². The summed E-state index contributed by atoms with van der Waals surface area (Å²) in [6.45, 7) is 3.92. The van der Waals surface area contributed by atoms with Crippen LogP contribution in [0.5, 0.6) is 0 Å². The van der Waals surface area contributed by atoms with E-state index in [9.17, 15) is 9.90 Å². The number of rotatable bonds is 5. The van der Waals surface area contributed by atoms with Gasteiger partial charge in [0.2, 0.25) is 0 Å². The Labute approximate surface area is 125 Å². The summed E-state index contributed by atoms with van der Waals surface area (Å²) in [5.41, 5.74) is 3.97. The number of benzene rings is 2. The molecule has 0 heterocycles. The van der Waals surface area contributed by atoms with Crippen molar-refractivity contribution in [1.82, 2.24) is 5.32 Å². The lowest BCUT2D eigenvalue weighted by Gasteiger charge is -2.17. The van der Waals surface area contributed by atoms with E-state index in [-0.39, 0.29) is 18.6 Å². The highest BCUT2D eigenvalue weighted by molar-refractivity contribution is 5.94. The molecule has 0 saturated carbocycles. The maximum absolute atomic E-state index is 12.2. The lowest BCUT2D eigenvalue weighted by molar-refractivity contribution is 0.0916. The lowest BCUT2D eigenvalue weighted by Crippen LogP contribution is -2.39. The molecular weight excluding hydrogens is 262 g/mol. The van der Waals surface area contributed by atoms with E-state index in [0.717, 1.165) is 16.7 Å². The van der Waals surface area contributed by atoms with Crippen LogP contribution in [0.25, 0.3) is 0 Å². The Morgan fingerprint density at radius 3 is 2.43 bits per heavy atom. The fourth-order valence-electron chi connectivity index (χ4n) is 2.21. The molecule has 0 saturated heterocycles. The quantitative estimate of drug-likeness (QED) is 0.886. The molecule has 1 unspecified atom stereocenters. The number of carbonyl (C=O) groups excluding carboxylic acids is 1. The number of aryl methyl sites for hydroxylation is 2. The Morgan fingerprint density at radius 2 is 1.81 bits per heavy atom. The summed E-state index contributed by atoms with van der Waals surface area (Å²) in [5.74, 6) is -0.145. The lowest BCUT2D eigenvalue weighted by atomic mass is 10.0. The standard InChI is InChI=1S/C18H21NO2/c1-13-8-9-16(10-14(13)2)18(21)19-17(12-20)11-15-6-4-3-5-7-15/h3-10,17,20H,11-12H2,1-2H3,(H,19,21). The molecule has 2 aromatic rings. The summed E-state index contributed by atoms with van der Waals surface area (Å²) in [6, 6.07) is 15.2. The van der Waals surface area contributed by atoms with Crippen LogP contribution < -0.4 is 5.32 Å². The second kappa shape index (κ2) is 7.04. The van der Waals surface area contributed by atoms with Gasteiger partial charge in [0, 0.05) is 5.56 Å². The van der Waals surface area contributed by atoms with E-state index in [0.29, 0.717) is 12.0 Å². The van der Waals surface area contributed by atoms with Crippen LogP contribution in [0.1, 0.15) is 27.0 Å². The van der Waals surface area contributed by atoms with Crippen molar-refractivity contribution < 1.29 is 9.90 Å². The molecule has 2 rings (SSSR count). The second-order valence-corrected chi connectivity index (χ2v) is 5.34. The van der Waals surface area contributed by atoms with Crippen LogP contribution >= 0.6 is 0 Å². The first-order valence-electron chi connectivity index (χ1n) is 7.13. The molecule has 110 valence electrons. The highest BCUT2D eigenvalue weighted by Gasteiger charge is 2.14. The molecule has 0 bridgehead atoms. The monoisotopic (exact) mass is 283 g/mol. The van der Waals surface area contributed by atoms with Crippen LogP contribution in [0.4, 0.5) is 0 Å². The second-order valence-electron chi connectivity index (χ2n) is 5.34. The molecule has 3 nitrogen and oxygen atoms in total. The zero-order valence-electron chi connectivity index (χ0n) is 12.5. The van der Waals surface area contributed by atoms with E-state index < -0.39 is 0 Å². The largest absolute Gasteiger partial charge is 0.394 e. The SMILES string of the molecule is Cc1ccc(C(=O)NC(CO)Cc2ccccc2)cc1C. The van der Waals surface area contributed by atoms with Crippen LogP contribution in [-0.2, 0) is 6.42 Å². The first-order valence-corrected chi connectivity index (χ1v) is 7.13. The number of carbonyl (C=O) groups is 1. The Balaban J connectivity index is 2.04. The van der Waals surface area contributed by atoms with Crippen molar-refractivity contribution in [3.63, 3.8) is 0 Å². The molecule has 21 heavy (non-hydrogen) atoms. The van der Waals surface area contributed by atoms with Crippen LogP contribution in [0.15, 0.2) is 48.5 Å². The van der Waals surface area contributed by atoms with Gasteiger partial charge in [-0.2, -0.15) is 0 Å². The van der Waals surface area contributed by atoms with Crippen molar-refractivity contribution in [2.75, 3.05) is 6.61 Å². The van der Waals surface area contributed by atoms with E-state index in [1.54, 1.807) is 0 Å². The van der Waals surface area contributed by atoms with Gasteiger partial charge in [0.25, 0.3) is 5.91 Å². The van der Waals surface area contributed by atoms with Gasteiger partial charge in [0.15, 0.2) is 0 Å². The van der Waals surface area contributed by atoms with Crippen molar-refractivity contribution in [1.29, 1.82) is 0 Å². The Morgan fingerprint density at radius 1 is 1.10 bits per heavy atom. The summed E-state index contributed by atoms with van der Waals surface area (Å²) < 4.78 is 0. The van der Waals surface area contributed by atoms with Crippen molar-refractivity contribution >= 4 is 5.91 Å². The van der Waals surface area contributed by atoms with Crippen molar-refractivity contribution in [3.05, 3.63) is 70.8 Å². The molecule has 0 radical (unpaired) electrons. The molecule has 0 spiro atoms. The van der Waals surface area contributed by atoms with Crippen molar-refractivity contribution in [2.24, 2.45) is 0 Å².